The van der Waals surface area contributed by atoms with E-state index in [1.807, 2.05) is 20.8 Å². The van der Waals surface area contributed by atoms with Crippen LogP contribution >= 0.6 is 27.3 Å². The molecule has 0 spiro atoms. The fourth-order valence-corrected chi connectivity index (χ4v) is 4.43. The molecule has 1 saturated heterocycles. The minimum atomic E-state index is -0.497. The summed E-state index contributed by atoms with van der Waals surface area (Å²) in [6, 6.07) is 0. The van der Waals surface area contributed by atoms with E-state index in [1.54, 1.807) is 9.80 Å². The number of aromatic nitrogens is 1. The number of hydrogen-bond donors (Lipinski definition) is 0. The molecule has 1 atom stereocenters. The second-order valence-corrected chi connectivity index (χ2v) is 8.96. The summed E-state index contributed by atoms with van der Waals surface area (Å²) in [5, 5.41) is 1.59. The Balaban J connectivity index is 1.71. The highest BCUT2D eigenvalue weighted by Crippen LogP contribution is 2.34. The van der Waals surface area contributed by atoms with Gasteiger partial charge < -0.3 is 9.64 Å². The maximum atomic E-state index is 12.2. The molecular weight excluding hydrogens is 394 g/mol. The van der Waals surface area contributed by atoms with Crippen LogP contribution in [-0.4, -0.2) is 45.9 Å². The van der Waals surface area contributed by atoms with Gasteiger partial charge in [0.05, 0.1) is 12.2 Å². The Kier molecular flexibility index (Phi) is 4.88. The molecule has 0 bridgehead atoms. The van der Waals surface area contributed by atoms with Gasteiger partial charge in [-0.05, 0) is 26.7 Å². The number of amides is 2. The van der Waals surface area contributed by atoms with Crippen LogP contribution in [0, 0.1) is 5.92 Å². The first-order chi connectivity index (χ1) is 11.3. The van der Waals surface area contributed by atoms with Gasteiger partial charge in [0.1, 0.15) is 5.60 Å². The first kappa shape index (κ1) is 17.7. The predicted molar refractivity (Wildman–Crippen MR) is 96.7 cm³/mol. The van der Waals surface area contributed by atoms with Crippen LogP contribution in [0.3, 0.4) is 0 Å². The highest BCUT2D eigenvalue weighted by atomic mass is 79.9. The zero-order chi connectivity index (χ0) is 17.5. The van der Waals surface area contributed by atoms with E-state index in [0.29, 0.717) is 38.4 Å². The van der Waals surface area contributed by atoms with E-state index >= 15 is 0 Å². The summed E-state index contributed by atoms with van der Waals surface area (Å²) in [5.41, 5.74) is 0.507. The van der Waals surface area contributed by atoms with E-state index in [9.17, 15) is 9.59 Å². The summed E-state index contributed by atoms with van der Waals surface area (Å²) in [4.78, 5) is 33.6. The Morgan fingerprint density at radius 3 is 2.83 bits per heavy atom. The van der Waals surface area contributed by atoms with Gasteiger partial charge in [-0.2, -0.15) is 0 Å². The van der Waals surface area contributed by atoms with Gasteiger partial charge in [-0.25, -0.2) is 9.78 Å². The maximum absolute atomic E-state index is 12.2. The van der Waals surface area contributed by atoms with Gasteiger partial charge in [-0.1, -0.05) is 27.3 Å². The fourth-order valence-electron chi connectivity index (χ4n) is 2.85. The molecule has 0 aromatic carbocycles. The predicted octanol–water partition coefficient (Wildman–Crippen LogP) is 3.18. The number of alkyl halides is 1. The molecular formula is C16H22BrN3O3S. The van der Waals surface area contributed by atoms with Crippen LogP contribution < -0.4 is 4.90 Å². The minimum Gasteiger partial charge on any atom is -0.444 e. The Morgan fingerprint density at radius 1 is 1.46 bits per heavy atom. The van der Waals surface area contributed by atoms with Crippen molar-refractivity contribution < 1.29 is 14.3 Å². The molecule has 0 aliphatic carbocycles. The molecule has 2 amide bonds. The van der Waals surface area contributed by atoms with Gasteiger partial charge in [0.15, 0.2) is 5.13 Å². The molecule has 3 rings (SSSR count). The van der Waals surface area contributed by atoms with E-state index in [1.165, 1.54) is 11.3 Å². The molecule has 1 unspecified atom stereocenters. The van der Waals surface area contributed by atoms with Gasteiger partial charge in [0.2, 0.25) is 5.91 Å². The molecule has 1 fully saturated rings. The first-order valence-corrected chi connectivity index (χ1v) is 10.0. The molecule has 0 saturated carbocycles. The van der Waals surface area contributed by atoms with E-state index in [0.717, 1.165) is 21.0 Å². The van der Waals surface area contributed by atoms with Crippen LogP contribution in [0.1, 0.15) is 37.8 Å². The first-order valence-electron chi connectivity index (χ1n) is 8.09. The molecule has 132 valence electrons. The fraction of sp³-hybridized carbons (Fsp3) is 0.688. The van der Waals surface area contributed by atoms with Crippen LogP contribution in [0.5, 0.6) is 0 Å². The van der Waals surface area contributed by atoms with Crippen molar-refractivity contribution in [3.05, 3.63) is 10.6 Å². The smallest absolute Gasteiger partial charge is 0.410 e. The molecule has 2 aliphatic rings. The third-order valence-corrected chi connectivity index (χ3v) is 6.05. The standard InChI is InChI=1S/C16H22BrN3O3S/c1-16(2,3)23-15(22)19-5-4-11-12(9-19)24-14(18-11)20-8-10(7-17)6-13(20)21/h10H,4-9H2,1-3H3. The van der Waals surface area contributed by atoms with Crippen LogP contribution in [0.4, 0.5) is 9.93 Å². The molecule has 1 aromatic rings. The van der Waals surface area contributed by atoms with Gasteiger partial charge >= 0.3 is 6.09 Å². The SMILES string of the molecule is CC(C)(C)OC(=O)N1CCc2nc(N3CC(CBr)CC3=O)sc2C1. The van der Waals surface area contributed by atoms with Gasteiger partial charge in [0, 0.05) is 36.1 Å². The molecule has 8 heteroatoms. The normalized spacial score (nSPS) is 21.2. The number of carbonyl (C=O) groups excluding carboxylic acids is 2. The van der Waals surface area contributed by atoms with Crippen LogP contribution in [0.25, 0.3) is 0 Å². The Labute approximate surface area is 154 Å². The molecule has 6 nitrogen and oxygen atoms in total. The summed E-state index contributed by atoms with van der Waals surface area (Å²) >= 11 is 4.97. The molecule has 1 aromatic heterocycles. The largest absolute Gasteiger partial charge is 0.444 e. The number of fused-ring (bicyclic) bond motifs is 1. The summed E-state index contributed by atoms with van der Waals surface area (Å²) in [7, 11) is 0. The number of anilines is 1. The lowest BCUT2D eigenvalue weighted by molar-refractivity contribution is -0.117. The van der Waals surface area contributed by atoms with E-state index in [-0.39, 0.29) is 12.0 Å². The lowest BCUT2D eigenvalue weighted by Gasteiger charge is -2.29. The Bertz CT molecular complexity index is 655. The number of thiazole rings is 1. The second-order valence-electron chi connectivity index (χ2n) is 7.25. The maximum Gasteiger partial charge on any atom is 0.410 e. The average molecular weight is 416 g/mol. The van der Waals surface area contributed by atoms with Gasteiger partial charge in [0.25, 0.3) is 0 Å². The van der Waals surface area contributed by atoms with E-state index in [4.69, 9.17) is 4.74 Å². The Morgan fingerprint density at radius 2 is 2.21 bits per heavy atom. The van der Waals surface area contributed by atoms with Crippen molar-refractivity contribution in [2.75, 3.05) is 23.3 Å². The topological polar surface area (TPSA) is 62.7 Å². The number of rotatable bonds is 2. The molecule has 2 aliphatic heterocycles. The van der Waals surface area contributed by atoms with Gasteiger partial charge in [-0.3, -0.25) is 9.69 Å². The summed E-state index contributed by atoms with van der Waals surface area (Å²) < 4.78 is 5.45. The van der Waals surface area contributed by atoms with E-state index < -0.39 is 5.60 Å². The molecule has 24 heavy (non-hydrogen) atoms. The molecule has 0 radical (unpaired) electrons. The number of ether oxygens (including phenoxy) is 1. The van der Waals surface area contributed by atoms with Crippen molar-refractivity contribution >= 4 is 44.4 Å². The molecule has 3 heterocycles. The van der Waals surface area contributed by atoms with Crippen molar-refractivity contribution in [1.29, 1.82) is 0 Å². The lowest BCUT2D eigenvalue weighted by atomic mass is 10.2. The van der Waals surface area contributed by atoms with Crippen molar-refractivity contribution in [2.24, 2.45) is 5.92 Å². The van der Waals surface area contributed by atoms with Crippen molar-refractivity contribution in [3.63, 3.8) is 0 Å². The summed E-state index contributed by atoms with van der Waals surface area (Å²) in [6.07, 6.45) is 0.980. The monoisotopic (exact) mass is 415 g/mol. The van der Waals surface area contributed by atoms with Crippen LogP contribution in [-0.2, 0) is 22.5 Å². The van der Waals surface area contributed by atoms with Crippen LogP contribution in [0.2, 0.25) is 0 Å². The number of carbonyl (C=O) groups is 2. The van der Waals surface area contributed by atoms with Crippen molar-refractivity contribution in [2.45, 2.75) is 45.8 Å². The highest BCUT2D eigenvalue weighted by molar-refractivity contribution is 9.09. The lowest BCUT2D eigenvalue weighted by Crippen LogP contribution is -2.39. The van der Waals surface area contributed by atoms with Crippen molar-refractivity contribution in [3.8, 4) is 0 Å². The molecule has 0 N–H and O–H groups in total. The Hall–Kier alpha value is -1.15. The zero-order valence-electron chi connectivity index (χ0n) is 14.2. The van der Waals surface area contributed by atoms with Crippen LogP contribution in [0.15, 0.2) is 0 Å². The van der Waals surface area contributed by atoms with E-state index in [2.05, 4.69) is 20.9 Å². The zero-order valence-corrected chi connectivity index (χ0v) is 16.6. The van der Waals surface area contributed by atoms with Gasteiger partial charge in [-0.15, -0.1) is 0 Å². The minimum absolute atomic E-state index is 0.134. The summed E-state index contributed by atoms with van der Waals surface area (Å²) in [5.74, 6) is 0.478. The van der Waals surface area contributed by atoms with Crippen molar-refractivity contribution in [1.82, 2.24) is 9.88 Å². The number of halogens is 1. The number of nitrogens with zero attached hydrogens (tertiary/aromatic N) is 3. The second kappa shape index (κ2) is 6.63. The quantitative estimate of drug-likeness (QED) is 0.695. The summed E-state index contributed by atoms with van der Waals surface area (Å²) in [6.45, 7) is 7.42. The highest BCUT2D eigenvalue weighted by Gasteiger charge is 2.34. The third kappa shape index (κ3) is 3.74. The number of hydrogen-bond acceptors (Lipinski definition) is 5. The third-order valence-electron chi connectivity index (χ3n) is 4.03. The average Bonchev–Trinajstić information content (AvgIpc) is 3.07.